The number of pyridine rings is 1. The second kappa shape index (κ2) is 11.6. The number of rotatable bonds is 7. The van der Waals surface area contributed by atoms with Crippen molar-refractivity contribution in [2.24, 2.45) is 4.99 Å². The zero-order chi connectivity index (χ0) is 15.6. The van der Waals surface area contributed by atoms with Gasteiger partial charge in [0.25, 0.3) is 0 Å². The van der Waals surface area contributed by atoms with Crippen molar-refractivity contribution in [1.82, 2.24) is 15.6 Å². The predicted molar refractivity (Wildman–Crippen MR) is 102 cm³/mol. The SMILES string of the molecule is CN=C(NCCCOC1CCOC1)NCc1ncccc1C.I. The van der Waals surface area contributed by atoms with Gasteiger partial charge in [0.05, 0.1) is 24.9 Å². The lowest BCUT2D eigenvalue weighted by molar-refractivity contribution is 0.0420. The van der Waals surface area contributed by atoms with Crippen molar-refractivity contribution in [3.63, 3.8) is 0 Å². The van der Waals surface area contributed by atoms with Gasteiger partial charge in [-0.15, -0.1) is 24.0 Å². The summed E-state index contributed by atoms with van der Waals surface area (Å²) in [5.41, 5.74) is 2.22. The van der Waals surface area contributed by atoms with Gasteiger partial charge >= 0.3 is 0 Å². The summed E-state index contributed by atoms with van der Waals surface area (Å²) < 4.78 is 11.0. The molecule has 6 nitrogen and oxygen atoms in total. The van der Waals surface area contributed by atoms with Gasteiger partial charge in [-0.1, -0.05) is 6.07 Å². The number of guanidine groups is 1. The van der Waals surface area contributed by atoms with Crippen LogP contribution in [0.15, 0.2) is 23.3 Å². The van der Waals surface area contributed by atoms with E-state index in [1.807, 2.05) is 12.3 Å². The number of halogens is 1. The second-order valence-corrected chi connectivity index (χ2v) is 5.33. The molecule has 1 atom stereocenters. The van der Waals surface area contributed by atoms with Crippen LogP contribution in [-0.2, 0) is 16.0 Å². The summed E-state index contributed by atoms with van der Waals surface area (Å²) in [6.07, 6.45) is 4.05. The maximum Gasteiger partial charge on any atom is 0.191 e. The van der Waals surface area contributed by atoms with E-state index in [1.165, 1.54) is 5.56 Å². The van der Waals surface area contributed by atoms with Gasteiger partial charge in [0.2, 0.25) is 0 Å². The maximum atomic E-state index is 5.73. The van der Waals surface area contributed by atoms with Crippen molar-refractivity contribution in [1.29, 1.82) is 0 Å². The van der Waals surface area contributed by atoms with Gasteiger partial charge in [0, 0.05) is 33.0 Å². The molecule has 0 aromatic carbocycles. The van der Waals surface area contributed by atoms with Crippen LogP contribution in [0, 0.1) is 6.92 Å². The summed E-state index contributed by atoms with van der Waals surface area (Å²) >= 11 is 0. The van der Waals surface area contributed by atoms with Crippen LogP contribution in [0.5, 0.6) is 0 Å². The zero-order valence-electron chi connectivity index (χ0n) is 13.9. The molecule has 1 aliphatic heterocycles. The first-order chi connectivity index (χ1) is 10.8. The number of hydrogen-bond donors (Lipinski definition) is 2. The van der Waals surface area contributed by atoms with Crippen LogP contribution in [0.3, 0.4) is 0 Å². The highest BCUT2D eigenvalue weighted by molar-refractivity contribution is 14.0. The average Bonchev–Trinajstić information content (AvgIpc) is 3.05. The molecule has 1 fully saturated rings. The van der Waals surface area contributed by atoms with Crippen LogP contribution >= 0.6 is 24.0 Å². The van der Waals surface area contributed by atoms with E-state index in [1.54, 1.807) is 7.05 Å². The lowest BCUT2D eigenvalue weighted by Crippen LogP contribution is -2.38. The van der Waals surface area contributed by atoms with Crippen LogP contribution < -0.4 is 10.6 Å². The molecule has 2 rings (SSSR count). The average molecular weight is 434 g/mol. The molecule has 0 saturated carbocycles. The minimum Gasteiger partial charge on any atom is -0.379 e. The van der Waals surface area contributed by atoms with Gasteiger partial charge in [-0.2, -0.15) is 0 Å². The van der Waals surface area contributed by atoms with Gasteiger partial charge < -0.3 is 20.1 Å². The van der Waals surface area contributed by atoms with E-state index >= 15 is 0 Å². The molecule has 0 bridgehead atoms. The van der Waals surface area contributed by atoms with Crippen LogP contribution in [0.2, 0.25) is 0 Å². The van der Waals surface area contributed by atoms with Crippen LogP contribution in [0.25, 0.3) is 0 Å². The quantitative estimate of drug-likeness (QED) is 0.297. The molecule has 130 valence electrons. The molecule has 1 aromatic rings. The van der Waals surface area contributed by atoms with Gasteiger partial charge in [0.15, 0.2) is 5.96 Å². The Morgan fingerprint density at radius 2 is 2.35 bits per heavy atom. The second-order valence-electron chi connectivity index (χ2n) is 5.33. The monoisotopic (exact) mass is 434 g/mol. The maximum absolute atomic E-state index is 5.73. The van der Waals surface area contributed by atoms with Crippen LogP contribution in [0.1, 0.15) is 24.1 Å². The summed E-state index contributed by atoms with van der Waals surface area (Å²) in [4.78, 5) is 8.57. The molecule has 1 aliphatic rings. The molecule has 1 saturated heterocycles. The number of aliphatic imine (C=N–C) groups is 1. The number of hydrogen-bond acceptors (Lipinski definition) is 4. The number of ether oxygens (including phenoxy) is 2. The summed E-state index contributed by atoms with van der Waals surface area (Å²) in [5.74, 6) is 0.786. The van der Waals surface area contributed by atoms with E-state index in [9.17, 15) is 0 Å². The highest BCUT2D eigenvalue weighted by Gasteiger charge is 2.15. The van der Waals surface area contributed by atoms with Crippen LogP contribution in [0.4, 0.5) is 0 Å². The Hall–Kier alpha value is -0.930. The Bertz CT molecular complexity index is 479. The Kier molecular flexibility index (Phi) is 10.1. The van der Waals surface area contributed by atoms with E-state index in [0.29, 0.717) is 6.54 Å². The zero-order valence-corrected chi connectivity index (χ0v) is 16.2. The molecular formula is C16H27IN4O2. The summed E-state index contributed by atoms with van der Waals surface area (Å²) in [5, 5.41) is 6.56. The molecule has 1 unspecified atom stereocenters. The first kappa shape index (κ1) is 20.1. The lowest BCUT2D eigenvalue weighted by atomic mass is 10.2. The molecule has 0 amide bonds. The smallest absolute Gasteiger partial charge is 0.191 e. The third-order valence-electron chi connectivity index (χ3n) is 3.62. The third-order valence-corrected chi connectivity index (χ3v) is 3.62. The normalized spacial score (nSPS) is 17.7. The molecular weight excluding hydrogens is 407 g/mol. The number of nitrogens with zero attached hydrogens (tertiary/aromatic N) is 2. The molecule has 0 spiro atoms. The summed E-state index contributed by atoms with van der Waals surface area (Å²) in [6, 6.07) is 4.01. The summed E-state index contributed by atoms with van der Waals surface area (Å²) in [6.45, 7) is 5.87. The first-order valence-electron chi connectivity index (χ1n) is 7.84. The van der Waals surface area contributed by atoms with Crippen LogP contribution in [-0.4, -0.2) is 50.5 Å². The lowest BCUT2D eigenvalue weighted by Gasteiger charge is -2.13. The molecule has 2 N–H and O–H groups in total. The molecule has 2 heterocycles. The van der Waals surface area contributed by atoms with Crippen molar-refractivity contribution in [2.75, 3.05) is 33.4 Å². The number of nitrogens with one attached hydrogen (secondary N) is 2. The summed E-state index contributed by atoms with van der Waals surface area (Å²) in [7, 11) is 1.77. The van der Waals surface area contributed by atoms with Gasteiger partial charge in [-0.05, 0) is 31.4 Å². The third kappa shape index (κ3) is 7.45. The van der Waals surface area contributed by atoms with Crippen molar-refractivity contribution >= 4 is 29.9 Å². The molecule has 23 heavy (non-hydrogen) atoms. The topological polar surface area (TPSA) is 67.8 Å². The fraction of sp³-hybridized carbons (Fsp3) is 0.625. The standard InChI is InChI=1S/C16H26N4O2.HI/c1-13-5-3-7-18-15(13)11-20-16(17-2)19-8-4-9-22-14-6-10-21-12-14;/h3,5,7,14H,4,6,8-12H2,1-2H3,(H2,17,19,20);1H. The fourth-order valence-corrected chi connectivity index (χ4v) is 2.26. The molecule has 7 heteroatoms. The van der Waals surface area contributed by atoms with E-state index < -0.39 is 0 Å². The molecule has 0 radical (unpaired) electrons. The largest absolute Gasteiger partial charge is 0.379 e. The highest BCUT2D eigenvalue weighted by Crippen LogP contribution is 2.07. The van der Waals surface area contributed by atoms with Gasteiger partial charge in [0.1, 0.15) is 0 Å². The van der Waals surface area contributed by atoms with Gasteiger partial charge in [-0.25, -0.2) is 0 Å². The Morgan fingerprint density at radius 1 is 1.48 bits per heavy atom. The molecule has 1 aromatic heterocycles. The fourth-order valence-electron chi connectivity index (χ4n) is 2.26. The minimum atomic E-state index is 0. The minimum absolute atomic E-state index is 0. The first-order valence-corrected chi connectivity index (χ1v) is 7.84. The highest BCUT2D eigenvalue weighted by atomic mass is 127. The number of aromatic nitrogens is 1. The van der Waals surface area contributed by atoms with Crippen molar-refractivity contribution in [2.45, 2.75) is 32.4 Å². The molecule has 0 aliphatic carbocycles. The van der Waals surface area contributed by atoms with E-state index in [4.69, 9.17) is 9.47 Å². The van der Waals surface area contributed by atoms with Crippen molar-refractivity contribution in [3.05, 3.63) is 29.6 Å². The Morgan fingerprint density at radius 3 is 3.04 bits per heavy atom. The predicted octanol–water partition coefficient (Wildman–Crippen LogP) is 1.87. The van der Waals surface area contributed by atoms with E-state index in [-0.39, 0.29) is 30.1 Å². The number of aryl methyl sites for hydroxylation is 1. The van der Waals surface area contributed by atoms with Crippen molar-refractivity contribution < 1.29 is 9.47 Å². The Balaban J connectivity index is 0.00000264. The van der Waals surface area contributed by atoms with Gasteiger partial charge in [-0.3, -0.25) is 9.98 Å². The van der Waals surface area contributed by atoms with E-state index in [0.717, 1.165) is 50.9 Å². The Labute approximate surface area is 155 Å². The van der Waals surface area contributed by atoms with E-state index in [2.05, 4.69) is 33.6 Å². The van der Waals surface area contributed by atoms with Crippen molar-refractivity contribution in [3.8, 4) is 0 Å².